The zero-order valence-electron chi connectivity index (χ0n) is 12.7. The second-order valence-electron chi connectivity index (χ2n) is 5.50. The molecule has 0 radical (unpaired) electrons. The highest BCUT2D eigenvalue weighted by Crippen LogP contribution is 2.19. The normalized spacial score (nSPS) is 14.9. The van der Waals surface area contributed by atoms with Crippen LogP contribution in [0.3, 0.4) is 0 Å². The van der Waals surface area contributed by atoms with Crippen LogP contribution in [0.15, 0.2) is 24.3 Å². The summed E-state index contributed by atoms with van der Waals surface area (Å²) in [5.74, 6) is 0.858. The predicted octanol–water partition coefficient (Wildman–Crippen LogP) is 1.30. The molecule has 1 N–H and O–H groups in total. The number of nitrogens with one attached hydrogen (secondary N) is 1. The minimum Gasteiger partial charge on any atom is -0.376 e. The van der Waals surface area contributed by atoms with Crippen LogP contribution in [0.1, 0.15) is 19.3 Å². The quantitative estimate of drug-likeness (QED) is 0.921. The van der Waals surface area contributed by atoms with Crippen LogP contribution in [0.25, 0.3) is 11.4 Å². The maximum absolute atomic E-state index is 12.2. The molecule has 0 aliphatic carbocycles. The molecule has 1 saturated heterocycles. The Kier molecular flexibility index (Phi) is 4.32. The van der Waals surface area contributed by atoms with Gasteiger partial charge in [0.2, 0.25) is 5.91 Å². The molecule has 0 bridgehead atoms. The van der Waals surface area contributed by atoms with Gasteiger partial charge in [-0.05, 0) is 41.8 Å². The number of hydrogen-bond donors (Lipinski definition) is 1. The van der Waals surface area contributed by atoms with E-state index >= 15 is 0 Å². The van der Waals surface area contributed by atoms with Crippen LogP contribution in [-0.4, -0.2) is 50.6 Å². The van der Waals surface area contributed by atoms with Gasteiger partial charge in [-0.15, -0.1) is 5.10 Å². The largest absolute Gasteiger partial charge is 0.376 e. The van der Waals surface area contributed by atoms with Crippen molar-refractivity contribution in [3.05, 3.63) is 24.3 Å². The number of piperidine rings is 1. The summed E-state index contributed by atoms with van der Waals surface area (Å²) in [5, 5.41) is 14.7. The van der Waals surface area contributed by atoms with Gasteiger partial charge in [-0.3, -0.25) is 4.79 Å². The average molecular weight is 300 g/mol. The van der Waals surface area contributed by atoms with Gasteiger partial charge in [-0.1, -0.05) is 12.1 Å². The van der Waals surface area contributed by atoms with Crippen molar-refractivity contribution in [2.75, 3.05) is 25.0 Å². The number of aryl methyl sites for hydroxylation is 1. The van der Waals surface area contributed by atoms with Crippen molar-refractivity contribution >= 4 is 11.6 Å². The minimum atomic E-state index is 0.158. The monoisotopic (exact) mass is 300 g/mol. The average Bonchev–Trinajstić information content (AvgIpc) is 3.00. The molecule has 22 heavy (non-hydrogen) atoms. The van der Waals surface area contributed by atoms with Gasteiger partial charge in [0.15, 0.2) is 5.82 Å². The fraction of sp³-hybridized carbons (Fsp3) is 0.467. The van der Waals surface area contributed by atoms with E-state index < -0.39 is 0 Å². The number of likely N-dealkylation sites (tertiary alicyclic amines) is 1. The predicted molar refractivity (Wildman–Crippen MR) is 83.2 cm³/mol. The summed E-state index contributed by atoms with van der Waals surface area (Å²) in [4.78, 5) is 14.1. The topological polar surface area (TPSA) is 75.9 Å². The molecule has 2 aromatic rings. The first kappa shape index (κ1) is 14.5. The van der Waals surface area contributed by atoms with E-state index in [1.165, 1.54) is 6.42 Å². The number of carbonyl (C=O) groups excluding carboxylic acids is 1. The lowest BCUT2D eigenvalue weighted by atomic mass is 10.1. The van der Waals surface area contributed by atoms with Gasteiger partial charge in [0.05, 0.1) is 6.54 Å². The first-order chi connectivity index (χ1) is 10.7. The highest BCUT2D eigenvalue weighted by Gasteiger charge is 2.16. The molecule has 7 nitrogen and oxygen atoms in total. The van der Waals surface area contributed by atoms with Crippen LogP contribution < -0.4 is 5.32 Å². The lowest BCUT2D eigenvalue weighted by molar-refractivity contribution is -0.130. The van der Waals surface area contributed by atoms with Crippen LogP contribution in [0, 0.1) is 0 Å². The first-order valence-electron chi connectivity index (χ1n) is 7.58. The molecule has 1 aliphatic heterocycles. The Hall–Kier alpha value is -2.44. The molecule has 1 aromatic heterocycles. The van der Waals surface area contributed by atoms with Crippen LogP contribution in [0.4, 0.5) is 5.69 Å². The Morgan fingerprint density at radius 2 is 2.09 bits per heavy atom. The number of hydrogen-bond acceptors (Lipinski definition) is 5. The van der Waals surface area contributed by atoms with Gasteiger partial charge in [-0.25, -0.2) is 4.68 Å². The molecule has 0 atom stereocenters. The Morgan fingerprint density at radius 1 is 1.27 bits per heavy atom. The van der Waals surface area contributed by atoms with Crippen molar-refractivity contribution < 1.29 is 4.79 Å². The van der Waals surface area contributed by atoms with E-state index in [4.69, 9.17) is 0 Å². The van der Waals surface area contributed by atoms with Crippen molar-refractivity contribution in [3.63, 3.8) is 0 Å². The number of carbonyl (C=O) groups is 1. The van der Waals surface area contributed by atoms with E-state index in [1.54, 1.807) is 11.7 Å². The number of benzene rings is 1. The van der Waals surface area contributed by atoms with E-state index in [1.807, 2.05) is 29.2 Å². The Balaban J connectivity index is 1.63. The summed E-state index contributed by atoms with van der Waals surface area (Å²) in [7, 11) is 1.80. The Bertz CT molecular complexity index is 647. The van der Waals surface area contributed by atoms with Crippen LogP contribution in [0.2, 0.25) is 0 Å². The standard InChI is InChI=1S/C15H20N6O/c1-20-15(17-18-19-20)12-6-5-7-13(10-12)16-11-14(22)21-8-3-2-4-9-21/h5-7,10,16H,2-4,8-9,11H2,1H3. The lowest BCUT2D eigenvalue weighted by Crippen LogP contribution is -2.39. The van der Waals surface area contributed by atoms with Crippen molar-refractivity contribution in [2.24, 2.45) is 7.05 Å². The highest BCUT2D eigenvalue weighted by molar-refractivity contribution is 5.81. The van der Waals surface area contributed by atoms with Crippen LogP contribution in [-0.2, 0) is 11.8 Å². The Morgan fingerprint density at radius 3 is 2.82 bits per heavy atom. The van der Waals surface area contributed by atoms with Gasteiger partial charge in [-0.2, -0.15) is 0 Å². The van der Waals surface area contributed by atoms with E-state index in [9.17, 15) is 4.79 Å². The number of amides is 1. The number of anilines is 1. The Labute approximate surface area is 129 Å². The van der Waals surface area contributed by atoms with E-state index in [0.717, 1.165) is 37.2 Å². The van der Waals surface area contributed by atoms with Crippen LogP contribution >= 0.6 is 0 Å². The number of tetrazole rings is 1. The SMILES string of the molecule is Cn1nnnc1-c1cccc(NCC(=O)N2CCCCC2)c1. The molecule has 1 aliphatic rings. The van der Waals surface area contributed by atoms with Crippen molar-refractivity contribution in [1.29, 1.82) is 0 Å². The molecule has 1 aromatic carbocycles. The summed E-state index contributed by atoms with van der Waals surface area (Å²) >= 11 is 0. The van der Waals surface area contributed by atoms with Crippen LogP contribution in [0.5, 0.6) is 0 Å². The van der Waals surface area contributed by atoms with Crippen molar-refractivity contribution in [1.82, 2.24) is 25.1 Å². The summed E-state index contributed by atoms with van der Waals surface area (Å²) in [5.41, 5.74) is 1.81. The fourth-order valence-corrected chi connectivity index (χ4v) is 2.68. The van der Waals surface area contributed by atoms with Gasteiger partial charge >= 0.3 is 0 Å². The molecule has 0 unspecified atom stereocenters. The summed E-state index contributed by atoms with van der Waals surface area (Å²) in [6.45, 7) is 2.08. The maximum atomic E-state index is 12.2. The minimum absolute atomic E-state index is 0.158. The summed E-state index contributed by atoms with van der Waals surface area (Å²) in [6.07, 6.45) is 3.45. The number of nitrogens with zero attached hydrogens (tertiary/aromatic N) is 5. The number of rotatable bonds is 4. The molecule has 2 heterocycles. The number of aromatic nitrogens is 4. The van der Waals surface area contributed by atoms with Gasteiger partial charge < -0.3 is 10.2 Å². The molecule has 0 saturated carbocycles. The molecule has 1 fully saturated rings. The van der Waals surface area contributed by atoms with E-state index in [2.05, 4.69) is 20.8 Å². The molecule has 116 valence electrons. The van der Waals surface area contributed by atoms with Crippen molar-refractivity contribution in [3.8, 4) is 11.4 Å². The van der Waals surface area contributed by atoms with Crippen molar-refractivity contribution in [2.45, 2.75) is 19.3 Å². The van der Waals surface area contributed by atoms with Gasteiger partial charge in [0.1, 0.15) is 0 Å². The smallest absolute Gasteiger partial charge is 0.241 e. The van der Waals surface area contributed by atoms with Gasteiger partial charge in [0, 0.05) is 31.4 Å². The highest BCUT2D eigenvalue weighted by atomic mass is 16.2. The second-order valence-corrected chi connectivity index (χ2v) is 5.50. The second kappa shape index (κ2) is 6.55. The molecular weight excluding hydrogens is 280 g/mol. The maximum Gasteiger partial charge on any atom is 0.241 e. The zero-order valence-corrected chi connectivity index (χ0v) is 12.7. The van der Waals surface area contributed by atoms with E-state index in [-0.39, 0.29) is 5.91 Å². The molecule has 0 spiro atoms. The summed E-state index contributed by atoms with van der Waals surface area (Å²) < 4.78 is 1.62. The summed E-state index contributed by atoms with van der Waals surface area (Å²) in [6, 6.07) is 7.77. The van der Waals surface area contributed by atoms with Gasteiger partial charge in [0.25, 0.3) is 0 Å². The zero-order chi connectivity index (χ0) is 15.4. The van der Waals surface area contributed by atoms with E-state index in [0.29, 0.717) is 12.4 Å². The third kappa shape index (κ3) is 3.24. The third-order valence-electron chi connectivity index (χ3n) is 3.89. The lowest BCUT2D eigenvalue weighted by Gasteiger charge is -2.26. The molecule has 3 rings (SSSR count). The molecule has 7 heteroatoms. The molecule has 1 amide bonds. The fourth-order valence-electron chi connectivity index (χ4n) is 2.68. The third-order valence-corrected chi connectivity index (χ3v) is 3.89. The first-order valence-corrected chi connectivity index (χ1v) is 7.58. The molecular formula is C15H20N6O.